The maximum atomic E-state index is 6.52. The highest BCUT2D eigenvalue weighted by Crippen LogP contribution is 2.24. The van der Waals surface area contributed by atoms with Crippen molar-refractivity contribution < 1.29 is 4.74 Å². The minimum absolute atomic E-state index is 0.326. The van der Waals surface area contributed by atoms with E-state index in [0.29, 0.717) is 12.0 Å². The van der Waals surface area contributed by atoms with E-state index in [2.05, 4.69) is 76.6 Å². The maximum absolute atomic E-state index is 6.52. The van der Waals surface area contributed by atoms with E-state index in [-0.39, 0.29) is 0 Å². The van der Waals surface area contributed by atoms with Crippen molar-refractivity contribution >= 4 is 0 Å². The van der Waals surface area contributed by atoms with E-state index >= 15 is 0 Å². The number of nitrogens with zero attached hydrogens (tertiary/aromatic N) is 2. The minimum Gasteiger partial charge on any atom is -0.490 e. The fourth-order valence-electron chi connectivity index (χ4n) is 5.44. The number of nitrogens with one attached hydrogen (secondary N) is 1. The fraction of sp³-hybridized carbons (Fsp3) is 0.600. The lowest BCUT2D eigenvalue weighted by Crippen LogP contribution is -2.40. The Kier molecular flexibility index (Phi) is 10.3. The van der Waals surface area contributed by atoms with E-state index in [1.54, 1.807) is 0 Å². The Bertz CT molecular complexity index is 811. The van der Waals surface area contributed by atoms with E-state index < -0.39 is 0 Å². The molecule has 186 valence electrons. The molecule has 34 heavy (non-hydrogen) atoms. The number of hydrogen-bond acceptors (Lipinski definition) is 4. The summed E-state index contributed by atoms with van der Waals surface area (Å²) in [5.41, 5.74) is 2.73. The van der Waals surface area contributed by atoms with Crippen LogP contribution in [0.2, 0.25) is 0 Å². The second-order valence-corrected chi connectivity index (χ2v) is 10.3. The summed E-state index contributed by atoms with van der Waals surface area (Å²) in [5.74, 6) is 1.64. The molecule has 4 rings (SSSR count). The van der Waals surface area contributed by atoms with Crippen LogP contribution in [0.1, 0.15) is 68.9 Å². The first kappa shape index (κ1) is 25.2. The number of piperidine rings is 1. The van der Waals surface area contributed by atoms with Crippen LogP contribution in [0.4, 0.5) is 0 Å². The van der Waals surface area contributed by atoms with Crippen molar-refractivity contribution in [2.45, 2.75) is 70.4 Å². The Labute approximate surface area is 207 Å². The molecule has 4 nitrogen and oxygen atoms in total. The van der Waals surface area contributed by atoms with E-state index in [1.165, 1.54) is 62.9 Å². The van der Waals surface area contributed by atoms with Gasteiger partial charge in [-0.1, -0.05) is 68.3 Å². The summed E-state index contributed by atoms with van der Waals surface area (Å²) >= 11 is 0. The quantitative estimate of drug-likeness (QED) is 0.433. The third kappa shape index (κ3) is 8.11. The maximum Gasteiger partial charge on any atom is 0.124 e. The van der Waals surface area contributed by atoms with Crippen LogP contribution < -0.4 is 10.1 Å². The van der Waals surface area contributed by atoms with Gasteiger partial charge in [-0.05, 0) is 75.8 Å². The standard InChI is InChI=1S/C30H45N3O/c1-26(27-12-5-4-6-13-27)25-33-22-16-29(17-23-33)34-30-15-8-7-14-28(30)24-31-18-11-21-32-19-9-2-3-10-20-32/h4-8,12-15,26,29,31H,2-3,9-11,16-25H2,1H3. The molecule has 4 heteroatoms. The van der Waals surface area contributed by atoms with Gasteiger partial charge in [-0.2, -0.15) is 0 Å². The van der Waals surface area contributed by atoms with E-state index in [4.69, 9.17) is 4.74 Å². The van der Waals surface area contributed by atoms with E-state index in [0.717, 1.165) is 51.3 Å². The molecule has 2 aliphatic rings. The van der Waals surface area contributed by atoms with Gasteiger partial charge >= 0.3 is 0 Å². The fourth-order valence-corrected chi connectivity index (χ4v) is 5.44. The average molecular weight is 464 g/mol. The molecule has 0 aliphatic carbocycles. The molecule has 2 aromatic rings. The van der Waals surface area contributed by atoms with E-state index in [9.17, 15) is 0 Å². The molecule has 2 aromatic carbocycles. The number of hydrogen-bond donors (Lipinski definition) is 1. The van der Waals surface area contributed by atoms with Crippen LogP contribution in [-0.4, -0.2) is 61.7 Å². The molecular formula is C30H45N3O. The summed E-state index contributed by atoms with van der Waals surface area (Å²) < 4.78 is 6.52. The predicted molar refractivity (Wildman–Crippen MR) is 143 cm³/mol. The average Bonchev–Trinajstić information content (AvgIpc) is 3.15. The molecule has 0 radical (unpaired) electrons. The van der Waals surface area contributed by atoms with Crippen LogP contribution in [0.25, 0.3) is 0 Å². The molecule has 2 aliphatic heterocycles. The number of rotatable bonds is 11. The first-order valence-corrected chi connectivity index (χ1v) is 13.7. The molecule has 2 saturated heterocycles. The van der Waals surface area contributed by atoms with Gasteiger partial charge in [0.25, 0.3) is 0 Å². The van der Waals surface area contributed by atoms with E-state index in [1.807, 2.05) is 0 Å². The first-order chi connectivity index (χ1) is 16.8. The van der Waals surface area contributed by atoms with Gasteiger partial charge in [-0.15, -0.1) is 0 Å². The third-order valence-corrected chi connectivity index (χ3v) is 7.54. The molecule has 0 aromatic heterocycles. The van der Waals surface area contributed by atoms with Crippen LogP contribution in [-0.2, 0) is 6.54 Å². The third-order valence-electron chi connectivity index (χ3n) is 7.54. The smallest absolute Gasteiger partial charge is 0.124 e. The molecule has 2 fully saturated rings. The number of likely N-dealkylation sites (tertiary alicyclic amines) is 2. The van der Waals surface area contributed by atoms with Crippen molar-refractivity contribution in [1.82, 2.24) is 15.1 Å². The van der Waals surface area contributed by atoms with Crippen molar-refractivity contribution in [1.29, 1.82) is 0 Å². The summed E-state index contributed by atoms with van der Waals surface area (Å²) in [6.07, 6.45) is 9.36. The molecule has 0 bridgehead atoms. The predicted octanol–water partition coefficient (Wildman–Crippen LogP) is 5.69. The number of ether oxygens (including phenoxy) is 1. The van der Waals surface area contributed by atoms with Crippen LogP contribution in [0.5, 0.6) is 5.75 Å². The van der Waals surface area contributed by atoms with Gasteiger partial charge in [-0.3, -0.25) is 0 Å². The molecule has 1 unspecified atom stereocenters. The Morgan fingerprint density at radius 1 is 0.853 bits per heavy atom. The van der Waals surface area contributed by atoms with Gasteiger partial charge in [0.15, 0.2) is 0 Å². The van der Waals surface area contributed by atoms with Crippen LogP contribution >= 0.6 is 0 Å². The topological polar surface area (TPSA) is 27.7 Å². The summed E-state index contributed by atoms with van der Waals surface area (Å²) in [6.45, 7) is 11.5. The first-order valence-electron chi connectivity index (χ1n) is 13.7. The molecule has 0 spiro atoms. The summed E-state index contributed by atoms with van der Waals surface area (Å²) in [5, 5.41) is 3.66. The zero-order valence-electron chi connectivity index (χ0n) is 21.3. The normalized spacial score (nSPS) is 19.6. The van der Waals surface area contributed by atoms with Gasteiger partial charge < -0.3 is 19.9 Å². The Hall–Kier alpha value is -1.88. The van der Waals surface area contributed by atoms with Crippen LogP contribution in [0.15, 0.2) is 54.6 Å². The van der Waals surface area contributed by atoms with Crippen molar-refractivity contribution in [3.8, 4) is 5.75 Å². The van der Waals surface area contributed by atoms with Gasteiger partial charge in [0.2, 0.25) is 0 Å². The molecule has 2 heterocycles. The van der Waals surface area contributed by atoms with Crippen molar-refractivity contribution in [3.05, 3.63) is 65.7 Å². The van der Waals surface area contributed by atoms with Crippen LogP contribution in [0, 0.1) is 0 Å². The Morgan fingerprint density at radius 2 is 1.56 bits per heavy atom. The minimum atomic E-state index is 0.326. The highest BCUT2D eigenvalue weighted by Gasteiger charge is 2.22. The monoisotopic (exact) mass is 463 g/mol. The van der Waals surface area contributed by atoms with Crippen molar-refractivity contribution in [2.24, 2.45) is 0 Å². The zero-order valence-corrected chi connectivity index (χ0v) is 21.3. The van der Waals surface area contributed by atoms with Crippen molar-refractivity contribution in [3.63, 3.8) is 0 Å². The SMILES string of the molecule is CC(CN1CCC(Oc2ccccc2CNCCCN2CCCCCC2)CC1)c1ccccc1. The Balaban J connectivity index is 1.16. The van der Waals surface area contributed by atoms with Gasteiger partial charge in [-0.25, -0.2) is 0 Å². The highest BCUT2D eigenvalue weighted by molar-refractivity contribution is 5.33. The second-order valence-electron chi connectivity index (χ2n) is 10.3. The lowest BCUT2D eigenvalue weighted by molar-refractivity contribution is 0.0969. The summed E-state index contributed by atoms with van der Waals surface area (Å²) in [6, 6.07) is 19.5. The molecule has 0 amide bonds. The van der Waals surface area contributed by atoms with Gasteiger partial charge in [0.1, 0.15) is 11.9 Å². The molecule has 0 saturated carbocycles. The van der Waals surface area contributed by atoms with Crippen molar-refractivity contribution in [2.75, 3.05) is 45.8 Å². The summed E-state index contributed by atoms with van der Waals surface area (Å²) in [4.78, 5) is 5.26. The zero-order chi connectivity index (χ0) is 23.4. The summed E-state index contributed by atoms with van der Waals surface area (Å²) in [7, 11) is 0. The molecule has 1 atom stereocenters. The highest BCUT2D eigenvalue weighted by atomic mass is 16.5. The lowest BCUT2D eigenvalue weighted by atomic mass is 9.99. The lowest BCUT2D eigenvalue weighted by Gasteiger charge is -2.34. The van der Waals surface area contributed by atoms with Crippen LogP contribution in [0.3, 0.4) is 0 Å². The second kappa shape index (κ2) is 13.9. The molecule has 1 N–H and O–H groups in total. The largest absolute Gasteiger partial charge is 0.490 e. The number of para-hydroxylation sites is 1. The Morgan fingerprint density at radius 3 is 2.32 bits per heavy atom. The van der Waals surface area contributed by atoms with Gasteiger partial charge in [0, 0.05) is 31.7 Å². The molecular weight excluding hydrogens is 418 g/mol. The van der Waals surface area contributed by atoms with Gasteiger partial charge in [0.05, 0.1) is 0 Å². The number of benzene rings is 2.